The van der Waals surface area contributed by atoms with E-state index in [1.807, 2.05) is 6.20 Å². The number of ether oxygens (including phenoxy) is 1. The Balaban J connectivity index is 1.91. The molecule has 3 nitrogen and oxygen atoms in total. The standard InChI is InChI=1S/C15H17BrN2O/c1-19-9-14(10-5-6-10)18-13-4-2-3-11-7-12(16)8-17-15(11)13/h2-4,7-8,10,14,18H,5-6,9H2,1H3. The molecule has 1 saturated carbocycles. The summed E-state index contributed by atoms with van der Waals surface area (Å²) >= 11 is 3.46. The van der Waals surface area contributed by atoms with Gasteiger partial charge in [0.1, 0.15) is 0 Å². The molecule has 3 rings (SSSR count). The van der Waals surface area contributed by atoms with Crippen molar-refractivity contribution in [1.82, 2.24) is 4.98 Å². The summed E-state index contributed by atoms with van der Waals surface area (Å²) in [5.74, 6) is 0.741. The summed E-state index contributed by atoms with van der Waals surface area (Å²) in [6.07, 6.45) is 4.44. The molecule has 0 bridgehead atoms. The largest absolute Gasteiger partial charge is 0.383 e. The van der Waals surface area contributed by atoms with Gasteiger partial charge in [0.2, 0.25) is 0 Å². The number of pyridine rings is 1. The van der Waals surface area contributed by atoms with Gasteiger partial charge in [-0.1, -0.05) is 12.1 Å². The highest BCUT2D eigenvalue weighted by molar-refractivity contribution is 9.10. The summed E-state index contributed by atoms with van der Waals surface area (Å²) in [7, 11) is 1.76. The fourth-order valence-electron chi connectivity index (χ4n) is 2.42. The van der Waals surface area contributed by atoms with E-state index < -0.39 is 0 Å². The summed E-state index contributed by atoms with van der Waals surface area (Å²) in [4.78, 5) is 4.52. The number of benzene rings is 1. The van der Waals surface area contributed by atoms with Crippen LogP contribution in [0.25, 0.3) is 10.9 Å². The molecule has 2 aromatic rings. The van der Waals surface area contributed by atoms with Gasteiger partial charge in [-0.25, -0.2) is 0 Å². The first-order chi connectivity index (χ1) is 9.28. The van der Waals surface area contributed by atoms with Gasteiger partial charge in [0.05, 0.1) is 23.9 Å². The SMILES string of the molecule is COCC(Nc1cccc2cc(Br)cnc12)C1CC1. The lowest BCUT2D eigenvalue weighted by Crippen LogP contribution is -2.27. The van der Waals surface area contributed by atoms with Crippen LogP contribution in [0.1, 0.15) is 12.8 Å². The lowest BCUT2D eigenvalue weighted by atomic mass is 10.1. The zero-order chi connectivity index (χ0) is 13.2. The Morgan fingerprint density at radius 3 is 3.05 bits per heavy atom. The quantitative estimate of drug-likeness (QED) is 0.909. The minimum Gasteiger partial charge on any atom is -0.383 e. The molecule has 0 spiro atoms. The van der Waals surface area contributed by atoms with Crippen LogP contribution < -0.4 is 5.32 Å². The summed E-state index contributed by atoms with van der Waals surface area (Å²) in [5.41, 5.74) is 2.12. The smallest absolute Gasteiger partial charge is 0.0934 e. The Morgan fingerprint density at radius 1 is 1.47 bits per heavy atom. The van der Waals surface area contributed by atoms with Crippen molar-refractivity contribution in [1.29, 1.82) is 0 Å². The van der Waals surface area contributed by atoms with Crippen molar-refractivity contribution in [3.8, 4) is 0 Å². The molecule has 1 unspecified atom stereocenters. The van der Waals surface area contributed by atoms with E-state index in [1.165, 1.54) is 12.8 Å². The lowest BCUT2D eigenvalue weighted by molar-refractivity contribution is 0.179. The fourth-order valence-corrected chi connectivity index (χ4v) is 2.77. The van der Waals surface area contributed by atoms with Crippen molar-refractivity contribution < 1.29 is 4.74 Å². The van der Waals surface area contributed by atoms with E-state index in [4.69, 9.17) is 4.74 Å². The van der Waals surface area contributed by atoms with Crippen LogP contribution in [0.2, 0.25) is 0 Å². The fraction of sp³-hybridized carbons (Fsp3) is 0.400. The maximum absolute atomic E-state index is 5.32. The van der Waals surface area contributed by atoms with E-state index in [0.29, 0.717) is 6.04 Å². The van der Waals surface area contributed by atoms with Crippen LogP contribution in [0.5, 0.6) is 0 Å². The van der Waals surface area contributed by atoms with E-state index in [1.54, 1.807) is 7.11 Å². The van der Waals surface area contributed by atoms with Crippen molar-refractivity contribution >= 4 is 32.5 Å². The molecule has 4 heteroatoms. The second-order valence-corrected chi connectivity index (χ2v) is 5.99. The number of halogens is 1. The number of hydrogen-bond donors (Lipinski definition) is 1. The highest BCUT2D eigenvalue weighted by Gasteiger charge is 2.31. The average Bonchev–Trinajstić information content (AvgIpc) is 3.22. The first-order valence-corrected chi connectivity index (χ1v) is 7.37. The Bertz CT molecular complexity index is 583. The summed E-state index contributed by atoms with van der Waals surface area (Å²) in [5, 5.41) is 4.75. The highest BCUT2D eigenvalue weighted by atomic mass is 79.9. The van der Waals surface area contributed by atoms with E-state index in [9.17, 15) is 0 Å². The maximum atomic E-state index is 5.32. The van der Waals surface area contributed by atoms with Crippen LogP contribution in [-0.2, 0) is 4.74 Å². The molecule has 0 saturated heterocycles. The normalized spacial score (nSPS) is 16.5. The predicted octanol–water partition coefficient (Wildman–Crippen LogP) is 3.83. The molecule has 1 aliphatic rings. The molecular weight excluding hydrogens is 304 g/mol. The Kier molecular flexibility index (Phi) is 3.71. The highest BCUT2D eigenvalue weighted by Crippen LogP contribution is 2.35. The molecule has 1 atom stereocenters. The van der Waals surface area contributed by atoms with Crippen LogP contribution in [0.3, 0.4) is 0 Å². The van der Waals surface area contributed by atoms with Gasteiger partial charge in [-0.15, -0.1) is 0 Å². The van der Waals surface area contributed by atoms with Gasteiger partial charge in [0, 0.05) is 23.2 Å². The van der Waals surface area contributed by atoms with Crippen LogP contribution >= 0.6 is 15.9 Å². The molecule has 100 valence electrons. The third kappa shape index (κ3) is 2.90. The van der Waals surface area contributed by atoms with Crippen LogP contribution in [0, 0.1) is 5.92 Å². The molecule has 19 heavy (non-hydrogen) atoms. The molecule has 1 aromatic carbocycles. The van der Waals surface area contributed by atoms with Crippen molar-refractivity contribution in [3.05, 3.63) is 34.9 Å². The number of rotatable bonds is 5. The van der Waals surface area contributed by atoms with Gasteiger partial charge < -0.3 is 10.1 Å². The van der Waals surface area contributed by atoms with E-state index in [2.05, 4.69) is 50.5 Å². The van der Waals surface area contributed by atoms with Crippen molar-refractivity contribution in [2.45, 2.75) is 18.9 Å². The number of hydrogen-bond acceptors (Lipinski definition) is 3. The molecule has 1 heterocycles. The number of nitrogens with zero attached hydrogens (tertiary/aromatic N) is 1. The monoisotopic (exact) mass is 320 g/mol. The molecule has 0 amide bonds. The second kappa shape index (κ2) is 5.47. The first-order valence-electron chi connectivity index (χ1n) is 6.57. The maximum Gasteiger partial charge on any atom is 0.0934 e. The lowest BCUT2D eigenvalue weighted by Gasteiger charge is -2.19. The Hall–Kier alpha value is -1.13. The van der Waals surface area contributed by atoms with E-state index in [-0.39, 0.29) is 0 Å². The Labute approximate surface area is 121 Å². The first kappa shape index (κ1) is 12.9. The topological polar surface area (TPSA) is 34.1 Å². The van der Waals surface area contributed by atoms with Gasteiger partial charge >= 0.3 is 0 Å². The number of aromatic nitrogens is 1. The number of nitrogens with one attached hydrogen (secondary N) is 1. The third-order valence-electron chi connectivity index (χ3n) is 3.56. The van der Waals surface area contributed by atoms with Gasteiger partial charge in [0.25, 0.3) is 0 Å². The van der Waals surface area contributed by atoms with Gasteiger partial charge in [-0.3, -0.25) is 4.98 Å². The van der Waals surface area contributed by atoms with Crippen molar-refractivity contribution in [2.75, 3.05) is 19.0 Å². The molecular formula is C15H17BrN2O. The van der Waals surface area contributed by atoms with Crippen molar-refractivity contribution in [3.63, 3.8) is 0 Å². The second-order valence-electron chi connectivity index (χ2n) is 5.07. The summed E-state index contributed by atoms with van der Waals surface area (Å²) in [6.45, 7) is 0.748. The molecule has 1 fully saturated rings. The van der Waals surface area contributed by atoms with E-state index in [0.717, 1.165) is 33.6 Å². The van der Waals surface area contributed by atoms with Crippen LogP contribution in [0.15, 0.2) is 34.9 Å². The van der Waals surface area contributed by atoms with Gasteiger partial charge in [-0.2, -0.15) is 0 Å². The van der Waals surface area contributed by atoms with Gasteiger partial charge in [-0.05, 0) is 46.8 Å². The number of fused-ring (bicyclic) bond motifs is 1. The van der Waals surface area contributed by atoms with E-state index >= 15 is 0 Å². The molecule has 1 N–H and O–H groups in total. The van der Waals surface area contributed by atoms with Crippen LogP contribution in [-0.4, -0.2) is 24.7 Å². The average molecular weight is 321 g/mol. The van der Waals surface area contributed by atoms with Crippen molar-refractivity contribution in [2.24, 2.45) is 5.92 Å². The molecule has 0 aliphatic heterocycles. The minimum absolute atomic E-state index is 0.390. The zero-order valence-corrected chi connectivity index (χ0v) is 12.5. The third-order valence-corrected chi connectivity index (χ3v) is 3.99. The molecule has 1 aliphatic carbocycles. The Morgan fingerprint density at radius 2 is 2.32 bits per heavy atom. The summed E-state index contributed by atoms with van der Waals surface area (Å²) in [6, 6.07) is 8.72. The predicted molar refractivity (Wildman–Crippen MR) is 81.5 cm³/mol. The minimum atomic E-state index is 0.390. The number of methoxy groups -OCH3 is 1. The van der Waals surface area contributed by atoms with Crippen LogP contribution in [0.4, 0.5) is 5.69 Å². The molecule has 1 aromatic heterocycles. The zero-order valence-electron chi connectivity index (χ0n) is 10.9. The molecule has 0 radical (unpaired) electrons. The number of anilines is 1. The summed E-state index contributed by atoms with van der Waals surface area (Å²) < 4.78 is 6.33. The van der Waals surface area contributed by atoms with Gasteiger partial charge in [0.15, 0.2) is 0 Å². The number of para-hydroxylation sites is 1.